The van der Waals surface area contributed by atoms with Crippen molar-refractivity contribution in [3.63, 3.8) is 0 Å². The van der Waals surface area contributed by atoms with Crippen LogP contribution in [0.25, 0.3) is 34.0 Å². The third-order valence-corrected chi connectivity index (χ3v) is 4.10. The number of aromatic nitrogens is 2. The van der Waals surface area contributed by atoms with E-state index in [1.807, 2.05) is 42.5 Å². The van der Waals surface area contributed by atoms with Gasteiger partial charge in [-0.25, -0.2) is 4.98 Å². The second kappa shape index (κ2) is 6.72. The highest BCUT2D eigenvalue weighted by atomic mass is 19.4. The van der Waals surface area contributed by atoms with Crippen LogP contribution in [0, 0.1) is 0 Å². The van der Waals surface area contributed by atoms with Crippen LogP contribution in [0.5, 0.6) is 0 Å². The molecular weight excluding hydrogens is 353 g/mol. The van der Waals surface area contributed by atoms with Crippen molar-refractivity contribution in [1.82, 2.24) is 9.97 Å². The van der Waals surface area contributed by atoms with Gasteiger partial charge in [0.2, 0.25) is 5.89 Å². The highest BCUT2D eigenvalue weighted by molar-refractivity contribution is 5.78. The van der Waals surface area contributed by atoms with Gasteiger partial charge >= 0.3 is 6.18 Å². The minimum Gasteiger partial charge on any atom is -0.436 e. The van der Waals surface area contributed by atoms with E-state index in [9.17, 15) is 13.2 Å². The first-order chi connectivity index (χ1) is 13.0. The summed E-state index contributed by atoms with van der Waals surface area (Å²) in [6.07, 6.45) is -1.16. The van der Waals surface area contributed by atoms with Crippen LogP contribution >= 0.6 is 0 Å². The van der Waals surface area contributed by atoms with E-state index in [0.29, 0.717) is 17.2 Å². The number of hydrogen-bond donors (Lipinski definition) is 0. The van der Waals surface area contributed by atoms with Gasteiger partial charge in [0.05, 0.1) is 17.5 Å². The summed E-state index contributed by atoms with van der Waals surface area (Å²) in [6, 6.07) is 18.0. The predicted octanol–water partition coefficient (Wildman–Crippen LogP) is 6.09. The molecule has 6 heteroatoms. The molecule has 0 bridgehead atoms. The van der Waals surface area contributed by atoms with Crippen LogP contribution in [0.2, 0.25) is 0 Å². The first-order valence-corrected chi connectivity index (χ1v) is 8.16. The molecule has 27 heavy (non-hydrogen) atoms. The van der Waals surface area contributed by atoms with E-state index < -0.39 is 11.7 Å². The zero-order valence-electron chi connectivity index (χ0n) is 13.9. The molecule has 0 amide bonds. The number of pyridine rings is 1. The summed E-state index contributed by atoms with van der Waals surface area (Å²) in [6.45, 7) is 0. The van der Waals surface area contributed by atoms with Crippen LogP contribution in [-0.4, -0.2) is 9.97 Å². The Morgan fingerprint density at radius 2 is 1.44 bits per heavy atom. The minimum absolute atomic E-state index is 0.381. The van der Waals surface area contributed by atoms with Crippen LogP contribution in [-0.2, 0) is 6.18 Å². The fraction of sp³-hybridized carbons (Fsp3) is 0.0476. The fourth-order valence-corrected chi connectivity index (χ4v) is 2.77. The Morgan fingerprint density at radius 1 is 0.741 bits per heavy atom. The van der Waals surface area contributed by atoms with Gasteiger partial charge in [-0.15, -0.1) is 0 Å². The molecule has 0 unspecified atom stereocenters. The molecule has 4 aromatic rings. The average molecular weight is 366 g/mol. The standard InChI is InChI=1S/C21H13F3N2O/c22-21(23,24)15-10-8-14(9-11-15)19-13-26-20(27-19)17-6-2-1-5-16(17)18-7-3-4-12-25-18/h1-13H. The molecule has 0 aliphatic heterocycles. The SMILES string of the molecule is FC(F)(F)c1ccc(-c2cnc(-c3ccccc3-c3ccccn3)o2)cc1. The lowest BCUT2D eigenvalue weighted by molar-refractivity contribution is -0.137. The number of benzene rings is 2. The van der Waals surface area contributed by atoms with Gasteiger partial charge in [-0.1, -0.05) is 36.4 Å². The fourth-order valence-electron chi connectivity index (χ4n) is 2.77. The third-order valence-electron chi connectivity index (χ3n) is 4.10. The summed E-state index contributed by atoms with van der Waals surface area (Å²) < 4.78 is 44.0. The van der Waals surface area contributed by atoms with Crippen molar-refractivity contribution in [2.45, 2.75) is 6.18 Å². The van der Waals surface area contributed by atoms with Gasteiger partial charge in [0, 0.05) is 22.9 Å². The number of nitrogens with zero attached hydrogens (tertiary/aromatic N) is 2. The molecule has 0 atom stereocenters. The lowest BCUT2D eigenvalue weighted by Gasteiger charge is -2.07. The van der Waals surface area contributed by atoms with Crippen LogP contribution in [0.15, 0.2) is 83.5 Å². The van der Waals surface area contributed by atoms with Gasteiger partial charge in [0.15, 0.2) is 5.76 Å². The molecule has 134 valence electrons. The van der Waals surface area contributed by atoms with Crippen molar-refractivity contribution >= 4 is 0 Å². The summed E-state index contributed by atoms with van der Waals surface area (Å²) in [7, 11) is 0. The van der Waals surface area contributed by atoms with E-state index in [1.54, 1.807) is 6.20 Å². The largest absolute Gasteiger partial charge is 0.436 e. The molecule has 3 nitrogen and oxygen atoms in total. The number of oxazole rings is 1. The average Bonchev–Trinajstić information content (AvgIpc) is 3.18. The van der Waals surface area contributed by atoms with Crippen molar-refractivity contribution in [3.8, 4) is 34.0 Å². The van der Waals surface area contributed by atoms with Gasteiger partial charge in [0.1, 0.15) is 0 Å². The lowest BCUT2D eigenvalue weighted by atomic mass is 10.0. The summed E-state index contributed by atoms with van der Waals surface area (Å²) in [5, 5.41) is 0. The first-order valence-electron chi connectivity index (χ1n) is 8.16. The molecule has 2 aromatic carbocycles. The van der Waals surface area contributed by atoms with Crippen molar-refractivity contribution in [2.24, 2.45) is 0 Å². The van der Waals surface area contributed by atoms with E-state index in [0.717, 1.165) is 29.0 Å². The highest BCUT2D eigenvalue weighted by Gasteiger charge is 2.30. The van der Waals surface area contributed by atoms with Gasteiger partial charge in [-0.05, 0) is 30.3 Å². The maximum atomic E-state index is 12.7. The van der Waals surface area contributed by atoms with Gasteiger partial charge in [-0.2, -0.15) is 13.2 Å². The Balaban J connectivity index is 1.70. The molecule has 0 saturated heterocycles. The van der Waals surface area contributed by atoms with Crippen molar-refractivity contribution < 1.29 is 17.6 Å². The molecule has 0 N–H and O–H groups in total. The maximum Gasteiger partial charge on any atom is 0.416 e. The zero-order chi connectivity index (χ0) is 18.9. The number of alkyl halides is 3. The van der Waals surface area contributed by atoms with Crippen molar-refractivity contribution in [3.05, 3.63) is 84.7 Å². The quantitative estimate of drug-likeness (QED) is 0.440. The Kier molecular flexibility index (Phi) is 4.24. The normalized spacial score (nSPS) is 11.5. The van der Waals surface area contributed by atoms with Gasteiger partial charge in [-0.3, -0.25) is 4.98 Å². The monoisotopic (exact) mass is 366 g/mol. The van der Waals surface area contributed by atoms with E-state index in [1.165, 1.54) is 18.3 Å². The van der Waals surface area contributed by atoms with E-state index in [-0.39, 0.29) is 0 Å². The number of halogens is 3. The Hall–Kier alpha value is -3.41. The van der Waals surface area contributed by atoms with Gasteiger partial charge in [0.25, 0.3) is 0 Å². The smallest absolute Gasteiger partial charge is 0.416 e. The molecule has 0 aliphatic carbocycles. The predicted molar refractivity (Wildman–Crippen MR) is 95.6 cm³/mol. The van der Waals surface area contributed by atoms with Crippen molar-refractivity contribution in [1.29, 1.82) is 0 Å². The number of hydrogen-bond acceptors (Lipinski definition) is 3. The van der Waals surface area contributed by atoms with Crippen LogP contribution in [0.3, 0.4) is 0 Å². The van der Waals surface area contributed by atoms with Crippen LogP contribution < -0.4 is 0 Å². The van der Waals surface area contributed by atoms with Crippen molar-refractivity contribution in [2.75, 3.05) is 0 Å². The molecule has 2 heterocycles. The molecule has 0 spiro atoms. The Labute approximate surface area is 153 Å². The Morgan fingerprint density at radius 3 is 2.11 bits per heavy atom. The molecule has 0 aliphatic rings. The summed E-state index contributed by atoms with van der Waals surface area (Å²) in [5.74, 6) is 0.778. The minimum atomic E-state index is -4.37. The third kappa shape index (κ3) is 3.46. The van der Waals surface area contributed by atoms with E-state index in [4.69, 9.17) is 4.42 Å². The summed E-state index contributed by atoms with van der Waals surface area (Å²) >= 11 is 0. The van der Waals surface area contributed by atoms with E-state index >= 15 is 0 Å². The summed E-state index contributed by atoms with van der Waals surface area (Å²) in [4.78, 5) is 8.66. The highest BCUT2D eigenvalue weighted by Crippen LogP contribution is 2.34. The lowest BCUT2D eigenvalue weighted by Crippen LogP contribution is -2.03. The maximum absolute atomic E-state index is 12.7. The topological polar surface area (TPSA) is 38.9 Å². The van der Waals surface area contributed by atoms with Gasteiger partial charge < -0.3 is 4.42 Å². The molecule has 4 rings (SSSR count). The second-order valence-corrected chi connectivity index (χ2v) is 5.87. The zero-order valence-corrected chi connectivity index (χ0v) is 13.9. The number of rotatable bonds is 3. The second-order valence-electron chi connectivity index (χ2n) is 5.87. The van der Waals surface area contributed by atoms with Crippen LogP contribution in [0.4, 0.5) is 13.2 Å². The Bertz CT molecular complexity index is 1050. The first kappa shape index (κ1) is 17.0. The molecule has 2 aromatic heterocycles. The summed E-state index contributed by atoms with van der Waals surface area (Å²) in [5.41, 5.74) is 2.22. The molecule has 0 radical (unpaired) electrons. The van der Waals surface area contributed by atoms with E-state index in [2.05, 4.69) is 9.97 Å². The molecular formula is C21H13F3N2O. The molecule has 0 saturated carbocycles. The van der Waals surface area contributed by atoms with Crippen LogP contribution in [0.1, 0.15) is 5.56 Å². The molecule has 0 fully saturated rings.